The van der Waals surface area contributed by atoms with Gasteiger partial charge in [-0.05, 0) is 62.1 Å². The third kappa shape index (κ3) is 2.35. The molecule has 1 N–H and O–H groups in total. The summed E-state index contributed by atoms with van der Waals surface area (Å²) in [7, 11) is -3.67. The van der Waals surface area contributed by atoms with E-state index in [4.69, 9.17) is 0 Å². The van der Waals surface area contributed by atoms with Gasteiger partial charge in [-0.25, -0.2) is 8.42 Å². The lowest BCUT2D eigenvalue weighted by molar-refractivity contribution is -0.119. The fourth-order valence-electron chi connectivity index (χ4n) is 3.59. The minimum atomic E-state index is -3.67. The van der Waals surface area contributed by atoms with Crippen LogP contribution in [0, 0.1) is 0 Å². The SMILES string of the molecule is CC1(C)C(=O)Nc2ccc(S(=O)(=O)N3CCCc4ccccc43)cc21. The Morgan fingerprint density at radius 1 is 1.12 bits per heavy atom. The minimum absolute atomic E-state index is 0.111. The van der Waals surface area contributed by atoms with Crippen molar-refractivity contribution in [2.75, 3.05) is 16.2 Å². The van der Waals surface area contributed by atoms with Gasteiger partial charge >= 0.3 is 0 Å². The summed E-state index contributed by atoms with van der Waals surface area (Å²) in [6.45, 7) is 4.08. The van der Waals surface area contributed by atoms with E-state index in [1.807, 2.05) is 24.3 Å². The first-order chi connectivity index (χ1) is 11.8. The van der Waals surface area contributed by atoms with Crippen LogP contribution in [0.1, 0.15) is 31.4 Å². The molecule has 2 heterocycles. The predicted molar refractivity (Wildman–Crippen MR) is 97.4 cm³/mol. The quantitative estimate of drug-likeness (QED) is 0.899. The first-order valence-electron chi connectivity index (χ1n) is 8.38. The summed E-state index contributed by atoms with van der Waals surface area (Å²) < 4.78 is 28.0. The Kier molecular flexibility index (Phi) is 3.44. The number of para-hydroxylation sites is 1. The van der Waals surface area contributed by atoms with Crippen LogP contribution >= 0.6 is 0 Å². The van der Waals surface area contributed by atoms with Crippen molar-refractivity contribution >= 4 is 27.3 Å². The van der Waals surface area contributed by atoms with Crippen LogP contribution in [0.4, 0.5) is 11.4 Å². The minimum Gasteiger partial charge on any atom is -0.325 e. The van der Waals surface area contributed by atoms with Crippen LogP contribution < -0.4 is 9.62 Å². The molecule has 0 saturated carbocycles. The predicted octanol–water partition coefficient (Wildman–Crippen LogP) is 3.06. The first kappa shape index (κ1) is 16.1. The van der Waals surface area contributed by atoms with Crippen molar-refractivity contribution in [1.29, 1.82) is 0 Å². The van der Waals surface area contributed by atoms with Crippen LogP contribution in [0.15, 0.2) is 47.4 Å². The van der Waals surface area contributed by atoms with Gasteiger partial charge in [-0.2, -0.15) is 0 Å². The molecule has 2 aliphatic heterocycles. The number of carbonyl (C=O) groups is 1. The van der Waals surface area contributed by atoms with Crippen molar-refractivity contribution < 1.29 is 13.2 Å². The van der Waals surface area contributed by atoms with Crippen LogP contribution in [0.3, 0.4) is 0 Å². The van der Waals surface area contributed by atoms with Gasteiger partial charge in [-0.1, -0.05) is 18.2 Å². The lowest BCUT2D eigenvalue weighted by Gasteiger charge is -2.30. The summed E-state index contributed by atoms with van der Waals surface area (Å²) in [5.74, 6) is -0.111. The van der Waals surface area contributed by atoms with E-state index in [1.165, 1.54) is 4.31 Å². The Balaban J connectivity index is 1.81. The van der Waals surface area contributed by atoms with Gasteiger partial charge in [-0.3, -0.25) is 9.10 Å². The summed E-state index contributed by atoms with van der Waals surface area (Å²) in [4.78, 5) is 12.3. The third-order valence-electron chi connectivity index (χ3n) is 5.14. The van der Waals surface area contributed by atoms with E-state index in [-0.39, 0.29) is 10.8 Å². The van der Waals surface area contributed by atoms with Crippen LogP contribution in [0.2, 0.25) is 0 Å². The first-order valence-corrected chi connectivity index (χ1v) is 9.82. The molecule has 0 aliphatic carbocycles. The summed E-state index contributed by atoms with van der Waals surface area (Å²) in [6.07, 6.45) is 1.69. The Morgan fingerprint density at radius 2 is 1.88 bits per heavy atom. The lowest BCUT2D eigenvalue weighted by atomic mass is 9.86. The largest absolute Gasteiger partial charge is 0.325 e. The molecule has 1 amide bonds. The number of nitrogens with zero attached hydrogens (tertiary/aromatic N) is 1. The number of sulfonamides is 1. The smallest absolute Gasteiger partial charge is 0.264 e. The van der Waals surface area contributed by atoms with E-state index >= 15 is 0 Å². The summed E-state index contributed by atoms with van der Waals surface area (Å²) in [5, 5.41) is 2.81. The molecule has 0 radical (unpaired) electrons. The van der Waals surface area contributed by atoms with E-state index in [1.54, 1.807) is 32.0 Å². The number of nitrogens with one attached hydrogen (secondary N) is 1. The molecule has 2 aromatic carbocycles. The fourth-order valence-corrected chi connectivity index (χ4v) is 5.15. The molecule has 0 saturated heterocycles. The van der Waals surface area contributed by atoms with E-state index in [9.17, 15) is 13.2 Å². The normalized spacial score (nSPS) is 18.5. The second-order valence-electron chi connectivity index (χ2n) is 7.10. The van der Waals surface area contributed by atoms with Gasteiger partial charge in [0.2, 0.25) is 5.91 Å². The van der Waals surface area contributed by atoms with Crippen LogP contribution in [-0.4, -0.2) is 20.9 Å². The molecule has 0 atom stereocenters. The molecule has 0 aromatic heterocycles. The molecule has 0 bridgehead atoms. The molecule has 6 heteroatoms. The zero-order chi connectivity index (χ0) is 17.8. The number of benzene rings is 2. The molecule has 2 aromatic rings. The molecule has 5 nitrogen and oxygen atoms in total. The Labute approximate surface area is 147 Å². The maximum Gasteiger partial charge on any atom is 0.264 e. The highest BCUT2D eigenvalue weighted by Crippen LogP contribution is 2.40. The summed E-state index contributed by atoms with van der Waals surface area (Å²) in [5.41, 5.74) is 2.48. The summed E-state index contributed by atoms with van der Waals surface area (Å²) in [6, 6.07) is 12.5. The van der Waals surface area contributed by atoms with Gasteiger partial charge in [0, 0.05) is 12.2 Å². The van der Waals surface area contributed by atoms with Crippen molar-refractivity contribution in [1.82, 2.24) is 0 Å². The number of rotatable bonds is 2. The molecule has 4 rings (SSSR count). The van der Waals surface area contributed by atoms with Crippen molar-refractivity contribution in [3.63, 3.8) is 0 Å². The van der Waals surface area contributed by atoms with E-state index in [2.05, 4.69) is 5.32 Å². The number of amides is 1. The van der Waals surface area contributed by atoms with E-state index in [0.29, 0.717) is 12.2 Å². The van der Waals surface area contributed by atoms with Crippen LogP contribution in [0.5, 0.6) is 0 Å². The van der Waals surface area contributed by atoms with Crippen molar-refractivity contribution in [3.8, 4) is 0 Å². The highest BCUT2D eigenvalue weighted by atomic mass is 32.2. The summed E-state index contributed by atoms with van der Waals surface area (Å²) >= 11 is 0. The number of anilines is 2. The van der Waals surface area contributed by atoms with E-state index < -0.39 is 15.4 Å². The Bertz CT molecular complexity index is 980. The van der Waals surface area contributed by atoms with Crippen LogP contribution in [0.25, 0.3) is 0 Å². The van der Waals surface area contributed by atoms with Gasteiger partial charge < -0.3 is 5.32 Å². The fraction of sp³-hybridized carbons (Fsp3) is 0.316. The zero-order valence-corrected chi connectivity index (χ0v) is 15.1. The Hall–Kier alpha value is -2.34. The van der Waals surface area contributed by atoms with Gasteiger partial charge in [0.25, 0.3) is 10.0 Å². The number of hydrogen-bond donors (Lipinski definition) is 1. The Morgan fingerprint density at radius 3 is 2.68 bits per heavy atom. The number of hydrogen-bond acceptors (Lipinski definition) is 3. The molecular formula is C19H20N2O3S. The lowest BCUT2D eigenvalue weighted by Crippen LogP contribution is -2.35. The van der Waals surface area contributed by atoms with Crippen molar-refractivity contribution in [2.24, 2.45) is 0 Å². The zero-order valence-electron chi connectivity index (χ0n) is 14.2. The molecule has 0 unspecified atom stereocenters. The molecule has 0 fully saturated rings. The topological polar surface area (TPSA) is 66.5 Å². The maximum absolute atomic E-state index is 13.3. The highest BCUT2D eigenvalue weighted by molar-refractivity contribution is 7.92. The van der Waals surface area contributed by atoms with Crippen molar-refractivity contribution in [3.05, 3.63) is 53.6 Å². The second-order valence-corrected chi connectivity index (χ2v) is 8.96. The molecule has 2 aliphatic rings. The number of aryl methyl sites for hydroxylation is 1. The van der Waals surface area contributed by atoms with Crippen molar-refractivity contribution in [2.45, 2.75) is 37.0 Å². The van der Waals surface area contributed by atoms with Gasteiger partial charge in [-0.15, -0.1) is 0 Å². The highest BCUT2D eigenvalue weighted by Gasteiger charge is 2.39. The maximum atomic E-state index is 13.3. The number of carbonyl (C=O) groups excluding carboxylic acids is 1. The number of fused-ring (bicyclic) bond motifs is 2. The third-order valence-corrected chi connectivity index (χ3v) is 6.95. The average molecular weight is 356 g/mol. The van der Waals surface area contributed by atoms with Gasteiger partial charge in [0.1, 0.15) is 0 Å². The van der Waals surface area contributed by atoms with Gasteiger partial charge in [0.05, 0.1) is 16.0 Å². The monoisotopic (exact) mass is 356 g/mol. The van der Waals surface area contributed by atoms with E-state index in [0.717, 1.165) is 29.7 Å². The molecule has 0 spiro atoms. The van der Waals surface area contributed by atoms with Gasteiger partial charge in [0.15, 0.2) is 0 Å². The average Bonchev–Trinajstić information content (AvgIpc) is 2.83. The molecule has 25 heavy (non-hydrogen) atoms. The molecular weight excluding hydrogens is 336 g/mol. The second kappa shape index (κ2) is 5.33. The standard InChI is InChI=1S/C19H20N2O3S/c1-19(2)15-12-14(9-10-16(15)20-18(19)22)25(23,24)21-11-5-7-13-6-3-4-8-17(13)21/h3-4,6,8-10,12H,5,7,11H2,1-2H3,(H,20,22). The molecule has 130 valence electrons. The van der Waals surface area contributed by atoms with Crippen LogP contribution in [-0.2, 0) is 26.7 Å².